The predicted octanol–water partition coefficient (Wildman–Crippen LogP) is 4.34. The maximum atomic E-state index is 14.4. The number of nitrogens with zero attached hydrogens (tertiary/aromatic N) is 7. The van der Waals surface area contributed by atoms with Crippen LogP contribution in [-0.2, 0) is 6.18 Å². The van der Waals surface area contributed by atoms with Crippen molar-refractivity contribution in [2.24, 2.45) is 5.92 Å². The fraction of sp³-hybridized carbons (Fsp3) is 0.522. The van der Waals surface area contributed by atoms with Crippen LogP contribution in [0, 0.1) is 18.7 Å². The first kappa shape index (κ1) is 24.3. The van der Waals surface area contributed by atoms with E-state index in [0.29, 0.717) is 24.1 Å². The first-order chi connectivity index (χ1) is 17.3. The minimum atomic E-state index is -4.61. The predicted molar refractivity (Wildman–Crippen MR) is 125 cm³/mol. The number of benzene rings is 1. The number of piperidine rings is 2. The number of alkyl halides is 3. The van der Waals surface area contributed by atoms with E-state index in [1.807, 2.05) is 0 Å². The summed E-state index contributed by atoms with van der Waals surface area (Å²) in [7, 11) is 0. The standard InChI is InChI=1S/C23H27F4N9/c1-14-32-33-34-36(14)20-11-16(7-8-18(20)24)30-22-29-13-17(23(25,26)27)21(31-22)28-12-15-5-4-10-35-9-3-2-6-19(15)35/h7-8,11,13,15,19H,2-6,9-10,12H2,1H3,(H2,28,29,30,31)/t15-,19+/m0/s1. The van der Waals surface area contributed by atoms with Crippen molar-refractivity contribution in [3.05, 3.63) is 41.6 Å². The molecular formula is C23H27F4N9. The number of aryl methyl sites for hydroxylation is 1. The highest BCUT2D eigenvalue weighted by molar-refractivity contribution is 5.60. The van der Waals surface area contributed by atoms with E-state index in [2.05, 4.69) is 41.0 Å². The third kappa shape index (κ3) is 5.11. The second-order valence-corrected chi connectivity index (χ2v) is 9.27. The van der Waals surface area contributed by atoms with E-state index in [1.165, 1.54) is 29.3 Å². The summed E-state index contributed by atoms with van der Waals surface area (Å²) in [5.41, 5.74) is -0.465. The molecular weight excluding hydrogens is 478 g/mol. The molecule has 0 spiro atoms. The summed E-state index contributed by atoms with van der Waals surface area (Å²) in [6.07, 6.45) is 1.57. The van der Waals surface area contributed by atoms with Gasteiger partial charge in [0.15, 0.2) is 5.82 Å². The van der Waals surface area contributed by atoms with Gasteiger partial charge in [0.25, 0.3) is 0 Å². The van der Waals surface area contributed by atoms with E-state index in [-0.39, 0.29) is 23.4 Å². The molecule has 2 saturated heterocycles. The van der Waals surface area contributed by atoms with Gasteiger partial charge in [0.1, 0.15) is 22.9 Å². The zero-order chi connectivity index (χ0) is 25.3. The van der Waals surface area contributed by atoms with Crippen LogP contribution in [0.15, 0.2) is 24.4 Å². The second kappa shape index (κ2) is 9.96. The van der Waals surface area contributed by atoms with Crippen LogP contribution in [0.2, 0.25) is 0 Å². The number of halogens is 4. The van der Waals surface area contributed by atoms with Gasteiger partial charge < -0.3 is 15.5 Å². The van der Waals surface area contributed by atoms with E-state index in [1.54, 1.807) is 6.92 Å². The molecule has 0 saturated carbocycles. The van der Waals surface area contributed by atoms with E-state index < -0.39 is 17.6 Å². The van der Waals surface area contributed by atoms with Gasteiger partial charge in [-0.05, 0) is 80.2 Å². The first-order valence-electron chi connectivity index (χ1n) is 12.0. The topological polar surface area (TPSA) is 96.7 Å². The summed E-state index contributed by atoms with van der Waals surface area (Å²) in [6.45, 7) is 4.13. The lowest BCUT2D eigenvalue weighted by Gasteiger charge is -2.44. The summed E-state index contributed by atoms with van der Waals surface area (Å²) >= 11 is 0. The van der Waals surface area contributed by atoms with Crippen LogP contribution in [0.25, 0.3) is 5.69 Å². The van der Waals surface area contributed by atoms with Gasteiger partial charge in [-0.3, -0.25) is 0 Å². The molecule has 0 bridgehead atoms. The van der Waals surface area contributed by atoms with Gasteiger partial charge in [-0.25, -0.2) is 9.37 Å². The molecule has 36 heavy (non-hydrogen) atoms. The number of anilines is 3. The van der Waals surface area contributed by atoms with Gasteiger partial charge in [-0.1, -0.05) is 6.42 Å². The summed E-state index contributed by atoms with van der Waals surface area (Å²) in [6, 6.07) is 4.47. The van der Waals surface area contributed by atoms with E-state index >= 15 is 0 Å². The third-order valence-electron chi connectivity index (χ3n) is 6.91. The van der Waals surface area contributed by atoms with Crippen LogP contribution >= 0.6 is 0 Å². The lowest BCUT2D eigenvalue weighted by atomic mass is 9.83. The maximum Gasteiger partial charge on any atom is 0.421 e. The largest absolute Gasteiger partial charge is 0.421 e. The molecule has 0 unspecified atom stereocenters. The van der Waals surface area contributed by atoms with Crippen molar-refractivity contribution in [1.29, 1.82) is 0 Å². The van der Waals surface area contributed by atoms with Crippen LogP contribution < -0.4 is 10.6 Å². The Labute approximate surface area is 205 Å². The fourth-order valence-electron chi connectivity index (χ4n) is 5.16. The highest BCUT2D eigenvalue weighted by atomic mass is 19.4. The van der Waals surface area contributed by atoms with E-state index in [0.717, 1.165) is 45.0 Å². The molecule has 2 N–H and O–H groups in total. The van der Waals surface area contributed by atoms with Crippen LogP contribution in [0.4, 0.5) is 35.0 Å². The second-order valence-electron chi connectivity index (χ2n) is 9.27. The van der Waals surface area contributed by atoms with Gasteiger partial charge in [-0.2, -0.15) is 22.8 Å². The Morgan fingerprint density at radius 2 is 1.94 bits per heavy atom. The molecule has 2 aliphatic rings. The monoisotopic (exact) mass is 505 g/mol. The molecule has 0 aliphatic carbocycles. The zero-order valence-electron chi connectivity index (χ0n) is 19.8. The first-order valence-corrected chi connectivity index (χ1v) is 12.0. The minimum Gasteiger partial charge on any atom is -0.369 e. The lowest BCUT2D eigenvalue weighted by molar-refractivity contribution is -0.137. The van der Waals surface area contributed by atoms with Gasteiger partial charge >= 0.3 is 6.18 Å². The van der Waals surface area contributed by atoms with Gasteiger partial charge in [-0.15, -0.1) is 5.10 Å². The van der Waals surface area contributed by atoms with Crippen molar-refractivity contribution in [3.63, 3.8) is 0 Å². The van der Waals surface area contributed by atoms with E-state index in [9.17, 15) is 17.6 Å². The lowest BCUT2D eigenvalue weighted by Crippen LogP contribution is -2.49. The van der Waals surface area contributed by atoms with Crippen molar-refractivity contribution < 1.29 is 17.6 Å². The molecule has 2 atom stereocenters. The Morgan fingerprint density at radius 1 is 1.11 bits per heavy atom. The number of tetrazole rings is 1. The molecule has 1 aromatic carbocycles. The molecule has 9 nitrogen and oxygen atoms in total. The molecule has 2 aliphatic heterocycles. The van der Waals surface area contributed by atoms with Crippen molar-refractivity contribution in [2.45, 2.75) is 51.2 Å². The Kier molecular flexibility index (Phi) is 6.73. The molecule has 2 aromatic heterocycles. The molecule has 3 aromatic rings. The van der Waals surface area contributed by atoms with Gasteiger partial charge in [0.2, 0.25) is 5.95 Å². The van der Waals surface area contributed by atoms with Crippen molar-refractivity contribution in [2.75, 3.05) is 30.3 Å². The molecule has 192 valence electrons. The minimum absolute atomic E-state index is 0.0422. The Bertz CT molecular complexity index is 1210. The number of aromatic nitrogens is 6. The van der Waals surface area contributed by atoms with Crippen molar-refractivity contribution in [1.82, 2.24) is 35.1 Å². The average Bonchev–Trinajstić information content (AvgIpc) is 3.29. The Hall–Kier alpha value is -3.35. The van der Waals surface area contributed by atoms with Crippen molar-refractivity contribution in [3.8, 4) is 5.69 Å². The Morgan fingerprint density at radius 3 is 2.72 bits per heavy atom. The summed E-state index contributed by atoms with van der Waals surface area (Å²) < 4.78 is 56.8. The molecule has 4 heterocycles. The molecule has 2 fully saturated rings. The number of fused-ring (bicyclic) bond motifs is 1. The third-order valence-corrected chi connectivity index (χ3v) is 6.91. The SMILES string of the molecule is Cc1nnnn1-c1cc(Nc2ncc(C(F)(F)F)c(NC[C@@H]3CCCN4CCCC[C@H]34)n2)ccc1F. The quantitative estimate of drug-likeness (QED) is 0.478. The maximum absolute atomic E-state index is 14.4. The highest BCUT2D eigenvalue weighted by Gasteiger charge is 2.37. The average molecular weight is 506 g/mol. The smallest absolute Gasteiger partial charge is 0.369 e. The van der Waals surface area contributed by atoms with Gasteiger partial charge in [0, 0.05) is 24.5 Å². The number of rotatable bonds is 6. The summed E-state index contributed by atoms with van der Waals surface area (Å²) in [4.78, 5) is 10.5. The van der Waals surface area contributed by atoms with Crippen LogP contribution in [0.5, 0.6) is 0 Å². The number of hydrogen-bond donors (Lipinski definition) is 2. The summed E-state index contributed by atoms with van der Waals surface area (Å²) in [5, 5.41) is 16.9. The van der Waals surface area contributed by atoms with Gasteiger partial charge in [0.05, 0.1) is 0 Å². The fourth-order valence-corrected chi connectivity index (χ4v) is 5.16. The Balaban J connectivity index is 1.37. The van der Waals surface area contributed by atoms with Crippen LogP contribution in [0.3, 0.4) is 0 Å². The molecule has 0 radical (unpaired) electrons. The van der Waals surface area contributed by atoms with Crippen LogP contribution in [-0.4, -0.2) is 60.8 Å². The molecule has 13 heteroatoms. The molecule has 0 amide bonds. The van der Waals surface area contributed by atoms with Crippen molar-refractivity contribution >= 4 is 17.5 Å². The zero-order valence-corrected chi connectivity index (χ0v) is 19.8. The molecule has 5 rings (SSSR count). The van der Waals surface area contributed by atoms with E-state index in [4.69, 9.17) is 0 Å². The number of hydrogen-bond acceptors (Lipinski definition) is 8. The highest BCUT2D eigenvalue weighted by Crippen LogP contribution is 2.36. The summed E-state index contributed by atoms with van der Waals surface area (Å²) in [5.74, 6) is -0.241. The van der Waals surface area contributed by atoms with Crippen LogP contribution in [0.1, 0.15) is 43.5 Å². The normalized spacial score (nSPS) is 20.7. The number of nitrogens with one attached hydrogen (secondary N) is 2.